The maximum Gasteiger partial charge on any atom is 0.358 e. The summed E-state index contributed by atoms with van der Waals surface area (Å²) in [6, 6.07) is 8.19. The van der Waals surface area contributed by atoms with E-state index in [0.29, 0.717) is 17.7 Å². The molecule has 4 heteroatoms. The van der Waals surface area contributed by atoms with Crippen molar-refractivity contribution in [3.8, 4) is 11.4 Å². The zero-order valence-corrected chi connectivity index (χ0v) is 17.7. The number of rotatable bonds is 6. The molecule has 2 aromatic rings. The molecule has 154 valence electrons. The van der Waals surface area contributed by atoms with Crippen LogP contribution in [0, 0.1) is 30.1 Å². The number of nitrogens with one attached hydrogen (secondary N) is 1. The molecule has 4 aliphatic rings. The van der Waals surface area contributed by atoms with Gasteiger partial charge >= 0.3 is 5.97 Å². The molecule has 29 heavy (non-hydrogen) atoms. The van der Waals surface area contributed by atoms with E-state index in [2.05, 4.69) is 24.0 Å². The highest BCUT2D eigenvalue weighted by Gasteiger charge is 2.50. The third-order valence-electron chi connectivity index (χ3n) is 7.72. The smallest absolute Gasteiger partial charge is 0.358 e. The molecule has 0 aliphatic heterocycles. The predicted molar refractivity (Wildman–Crippen MR) is 114 cm³/mol. The molecule has 1 N–H and O–H groups in total. The second-order valence-electron chi connectivity index (χ2n) is 9.87. The fourth-order valence-corrected chi connectivity index (χ4v) is 6.91. The first kappa shape index (κ1) is 18.9. The van der Waals surface area contributed by atoms with E-state index >= 15 is 0 Å². The number of carbonyl (C=O) groups excluding carboxylic acids is 1. The van der Waals surface area contributed by atoms with E-state index < -0.39 is 0 Å². The van der Waals surface area contributed by atoms with Crippen LogP contribution in [0.1, 0.15) is 73.6 Å². The van der Waals surface area contributed by atoms with Gasteiger partial charge in [0.2, 0.25) is 0 Å². The van der Waals surface area contributed by atoms with E-state index in [1.165, 1.54) is 38.5 Å². The van der Waals surface area contributed by atoms with Gasteiger partial charge in [0.1, 0.15) is 5.82 Å². The third kappa shape index (κ3) is 3.51. The van der Waals surface area contributed by atoms with Crippen molar-refractivity contribution in [3.05, 3.63) is 41.2 Å². The Balaban J connectivity index is 1.41. The van der Waals surface area contributed by atoms with Crippen molar-refractivity contribution in [2.24, 2.45) is 23.2 Å². The topological polar surface area (TPSA) is 55.0 Å². The summed E-state index contributed by atoms with van der Waals surface area (Å²) in [5.74, 6) is 3.34. The molecule has 4 aliphatic carbocycles. The average Bonchev–Trinajstić information content (AvgIpc) is 3.10. The minimum absolute atomic E-state index is 0.302. The molecule has 4 saturated carbocycles. The van der Waals surface area contributed by atoms with Crippen LogP contribution in [0.3, 0.4) is 0 Å². The van der Waals surface area contributed by atoms with Gasteiger partial charge in [-0.1, -0.05) is 24.3 Å². The molecular weight excluding hydrogens is 360 g/mol. The Bertz CT molecular complexity index is 878. The van der Waals surface area contributed by atoms with Crippen molar-refractivity contribution < 1.29 is 9.53 Å². The predicted octanol–water partition coefficient (Wildman–Crippen LogP) is 5.71. The number of carbonyl (C=O) groups is 1. The number of imidazole rings is 1. The Morgan fingerprint density at radius 1 is 1.14 bits per heavy atom. The van der Waals surface area contributed by atoms with Crippen molar-refractivity contribution in [1.29, 1.82) is 0 Å². The number of ether oxygens (including phenoxy) is 1. The van der Waals surface area contributed by atoms with E-state index in [1.54, 1.807) is 0 Å². The van der Waals surface area contributed by atoms with Gasteiger partial charge in [-0.15, -0.1) is 0 Å². The lowest BCUT2D eigenvalue weighted by Crippen LogP contribution is -2.46. The Kier molecular flexibility index (Phi) is 4.76. The summed E-state index contributed by atoms with van der Waals surface area (Å²) in [7, 11) is 0. The van der Waals surface area contributed by atoms with E-state index in [9.17, 15) is 4.79 Å². The Labute approximate surface area is 173 Å². The van der Waals surface area contributed by atoms with Gasteiger partial charge in [0.25, 0.3) is 0 Å². The number of aromatic nitrogens is 2. The van der Waals surface area contributed by atoms with Gasteiger partial charge in [-0.3, -0.25) is 0 Å². The van der Waals surface area contributed by atoms with Crippen LogP contribution >= 0.6 is 0 Å². The highest BCUT2D eigenvalue weighted by Crippen LogP contribution is 2.61. The lowest BCUT2D eigenvalue weighted by molar-refractivity contribution is -0.0571. The zero-order chi connectivity index (χ0) is 20.0. The summed E-state index contributed by atoms with van der Waals surface area (Å²) >= 11 is 0. The summed E-state index contributed by atoms with van der Waals surface area (Å²) in [6.07, 6.45) is 10.6. The number of H-pyrrole nitrogens is 1. The average molecular weight is 393 g/mol. The molecule has 0 atom stereocenters. The molecule has 0 spiro atoms. The van der Waals surface area contributed by atoms with E-state index in [-0.39, 0.29) is 5.97 Å². The summed E-state index contributed by atoms with van der Waals surface area (Å²) in [5.41, 5.74) is 4.14. The van der Waals surface area contributed by atoms with Crippen LogP contribution in [0.25, 0.3) is 11.4 Å². The first-order valence-electron chi connectivity index (χ1n) is 11.4. The molecule has 0 radical (unpaired) electrons. The van der Waals surface area contributed by atoms with Gasteiger partial charge in [0.05, 0.1) is 6.61 Å². The van der Waals surface area contributed by atoms with Crippen molar-refractivity contribution >= 4 is 5.97 Å². The highest BCUT2D eigenvalue weighted by atomic mass is 16.5. The minimum Gasteiger partial charge on any atom is -0.461 e. The fourth-order valence-electron chi connectivity index (χ4n) is 6.91. The maximum atomic E-state index is 12.6. The van der Waals surface area contributed by atoms with E-state index in [0.717, 1.165) is 53.2 Å². The molecular formula is C25H32N2O2. The largest absolute Gasteiger partial charge is 0.461 e. The molecule has 4 nitrogen and oxygen atoms in total. The molecule has 0 amide bonds. The summed E-state index contributed by atoms with van der Waals surface area (Å²) < 4.78 is 5.32. The maximum absolute atomic E-state index is 12.6. The number of benzene rings is 1. The van der Waals surface area contributed by atoms with Crippen LogP contribution in [-0.4, -0.2) is 22.5 Å². The molecule has 0 saturated heterocycles. The van der Waals surface area contributed by atoms with Gasteiger partial charge in [-0.2, -0.15) is 0 Å². The third-order valence-corrected chi connectivity index (χ3v) is 7.72. The van der Waals surface area contributed by atoms with Gasteiger partial charge in [0, 0.05) is 11.3 Å². The van der Waals surface area contributed by atoms with Crippen molar-refractivity contribution in [3.63, 3.8) is 0 Å². The van der Waals surface area contributed by atoms with Crippen LogP contribution < -0.4 is 0 Å². The molecule has 4 bridgehead atoms. The number of hydrogen-bond acceptors (Lipinski definition) is 3. The van der Waals surface area contributed by atoms with Crippen molar-refractivity contribution in [2.45, 2.75) is 65.2 Å². The second kappa shape index (κ2) is 7.30. The van der Waals surface area contributed by atoms with Crippen LogP contribution in [0.5, 0.6) is 0 Å². The first-order chi connectivity index (χ1) is 14.0. The lowest BCUT2D eigenvalue weighted by Gasteiger charge is -2.57. The minimum atomic E-state index is -0.302. The van der Waals surface area contributed by atoms with Gasteiger partial charge < -0.3 is 9.72 Å². The summed E-state index contributed by atoms with van der Waals surface area (Å²) in [6.45, 7) is 4.30. The Hall–Kier alpha value is -2.10. The van der Waals surface area contributed by atoms with E-state index in [1.807, 2.05) is 19.1 Å². The summed E-state index contributed by atoms with van der Waals surface area (Å²) in [5, 5.41) is 0. The lowest BCUT2D eigenvalue weighted by atomic mass is 9.48. The second-order valence-corrected chi connectivity index (χ2v) is 9.87. The normalized spacial score (nSPS) is 29.9. The van der Waals surface area contributed by atoms with Crippen molar-refractivity contribution in [1.82, 2.24) is 9.97 Å². The number of hydrogen-bond donors (Lipinski definition) is 1. The number of aromatic amines is 1. The standard InChI is InChI=1S/C25H32N2O2/c1-3-29-24(28)22-21(26-23(27-22)20-7-5-4-6-16(20)2)8-9-25-13-17-10-18(14-25)12-19(11-17)15-25/h4-7,17-19H,3,8-15H2,1-2H3,(H,26,27). The van der Waals surface area contributed by atoms with E-state index in [4.69, 9.17) is 9.72 Å². The quantitative estimate of drug-likeness (QED) is 0.641. The molecule has 1 aromatic heterocycles. The Morgan fingerprint density at radius 2 is 1.79 bits per heavy atom. The number of nitrogens with zero attached hydrogens (tertiary/aromatic N) is 1. The SMILES string of the molecule is CCOC(=O)c1nc(-c2ccccc2C)[nH]c1CCC12CC3CC(CC(C3)C1)C2. The molecule has 6 rings (SSSR count). The fraction of sp³-hybridized carbons (Fsp3) is 0.600. The molecule has 0 unspecified atom stereocenters. The van der Waals surface area contributed by atoms with Gasteiger partial charge in [-0.25, -0.2) is 9.78 Å². The monoisotopic (exact) mass is 392 g/mol. The molecule has 4 fully saturated rings. The zero-order valence-electron chi connectivity index (χ0n) is 17.7. The first-order valence-corrected chi connectivity index (χ1v) is 11.4. The van der Waals surface area contributed by atoms with Crippen LogP contribution in [0.15, 0.2) is 24.3 Å². The van der Waals surface area contributed by atoms with Crippen LogP contribution in [0.2, 0.25) is 0 Å². The van der Waals surface area contributed by atoms with Gasteiger partial charge in [0.15, 0.2) is 5.69 Å². The number of esters is 1. The number of aryl methyl sites for hydroxylation is 2. The highest BCUT2D eigenvalue weighted by molar-refractivity contribution is 5.89. The molecule has 1 aromatic carbocycles. The summed E-state index contributed by atoms with van der Waals surface area (Å²) in [4.78, 5) is 20.8. The molecule has 1 heterocycles. The Morgan fingerprint density at radius 3 is 2.41 bits per heavy atom. The van der Waals surface area contributed by atoms with Crippen LogP contribution in [-0.2, 0) is 11.2 Å². The van der Waals surface area contributed by atoms with Crippen molar-refractivity contribution in [2.75, 3.05) is 6.61 Å². The van der Waals surface area contributed by atoms with Gasteiger partial charge in [-0.05, 0) is 93.9 Å². The van der Waals surface area contributed by atoms with Crippen LogP contribution in [0.4, 0.5) is 0 Å².